The third-order valence-corrected chi connectivity index (χ3v) is 11.1. The number of aromatic amines is 1. The fraction of sp³-hybridized carbons (Fsp3) is 0.500. The summed E-state index contributed by atoms with van der Waals surface area (Å²) in [5.74, 6) is -0.438. The number of ether oxygens (including phenoxy) is 2. The Bertz CT molecular complexity index is 2200. The Labute approximate surface area is 368 Å². The van der Waals surface area contributed by atoms with Crippen LogP contribution >= 0.6 is 0 Å². The predicted molar refractivity (Wildman–Crippen MR) is 236 cm³/mol. The minimum absolute atomic E-state index is 0.0840. The number of alkyl carbamates (subject to hydrolysis) is 1. The van der Waals surface area contributed by atoms with Gasteiger partial charge < -0.3 is 35.6 Å². The lowest BCUT2D eigenvalue weighted by Gasteiger charge is -2.33. The summed E-state index contributed by atoms with van der Waals surface area (Å²) in [7, 11) is 0. The molecule has 1 aliphatic heterocycles. The number of H-pyrrole nitrogens is 1. The molecule has 1 unspecified atom stereocenters. The van der Waals surface area contributed by atoms with Gasteiger partial charge in [0, 0.05) is 61.0 Å². The highest BCUT2D eigenvalue weighted by Crippen LogP contribution is 2.30. The van der Waals surface area contributed by atoms with Gasteiger partial charge in [0.05, 0.1) is 0 Å². The minimum atomic E-state index is -0.877. The van der Waals surface area contributed by atoms with E-state index in [2.05, 4.69) is 46.9 Å². The number of aromatic nitrogens is 5. The zero-order valence-corrected chi connectivity index (χ0v) is 37.2. The number of nitrogens with zero attached hydrogens (tertiary/aromatic N) is 5. The van der Waals surface area contributed by atoms with E-state index in [1.165, 1.54) is 0 Å². The van der Waals surface area contributed by atoms with Gasteiger partial charge in [-0.3, -0.25) is 19.4 Å². The number of rotatable bonds is 12. The number of tetrazole rings is 1. The molecule has 63 heavy (non-hydrogen) atoms. The van der Waals surface area contributed by atoms with E-state index in [0.29, 0.717) is 62.5 Å². The number of benzene rings is 2. The first kappa shape index (κ1) is 46.1. The molecule has 17 nitrogen and oxygen atoms in total. The second-order valence-electron chi connectivity index (χ2n) is 18.5. The van der Waals surface area contributed by atoms with Gasteiger partial charge in [-0.05, 0) is 145 Å². The molecule has 0 spiro atoms. The first-order chi connectivity index (χ1) is 29.9. The molecule has 6 rings (SSSR count). The fourth-order valence-electron chi connectivity index (χ4n) is 7.72. The van der Waals surface area contributed by atoms with Crippen molar-refractivity contribution in [3.8, 4) is 22.5 Å². The molecule has 2 aromatic carbocycles. The molecule has 0 bridgehead atoms. The Morgan fingerprint density at radius 1 is 0.841 bits per heavy atom. The second kappa shape index (κ2) is 20.2. The van der Waals surface area contributed by atoms with E-state index in [4.69, 9.17) is 9.47 Å². The lowest BCUT2D eigenvalue weighted by atomic mass is 9.81. The number of piperidine rings is 1. The zero-order chi connectivity index (χ0) is 45.3. The summed E-state index contributed by atoms with van der Waals surface area (Å²) in [5.41, 5.74) is 3.87. The van der Waals surface area contributed by atoms with Gasteiger partial charge >= 0.3 is 12.2 Å². The Kier molecular flexibility index (Phi) is 14.8. The summed E-state index contributed by atoms with van der Waals surface area (Å²) in [4.78, 5) is 71.7. The number of aryl methyl sites for hydroxylation is 1. The lowest BCUT2D eigenvalue weighted by molar-refractivity contribution is -0.130. The van der Waals surface area contributed by atoms with Gasteiger partial charge in [0.15, 0.2) is 0 Å². The molecule has 2 aliphatic rings. The zero-order valence-electron chi connectivity index (χ0n) is 37.2. The molecule has 336 valence electrons. The van der Waals surface area contributed by atoms with Crippen molar-refractivity contribution in [3.63, 3.8) is 0 Å². The first-order valence-corrected chi connectivity index (χ1v) is 21.7. The summed E-state index contributed by atoms with van der Waals surface area (Å²) in [5, 5.41) is 26.0. The Morgan fingerprint density at radius 2 is 1.49 bits per heavy atom. The molecule has 2 aromatic heterocycles. The number of carbonyl (C=O) groups excluding carboxylic acids is 5. The van der Waals surface area contributed by atoms with E-state index in [9.17, 15) is 24.0 Å². The van der Waals surface area contributed by atoms with Gasteiger partial charge in [0.25, 0.3) is 5.91 Å². The smallest absolute Gasteiger partial charge is 0.410 e. The number of amides is 5. The fourth-order valence-corrected chi connectivity index (χ4v) is 7.72. The summed E-state index contributed by atoms with van der Waals surface area (Å²) < 4.78 is 10.9. The summed E-state index contributed by atoms with van der Waals surface area (Å²) in [6.07, 6.45) is 5.15. The van der Waals surface area contributed by atoms with Gasteiger partial charge in [-0.15, -0.1) is 10.2 Å². The minimum Gasteiger partial charge on any atom is -0.444 e. The van der Waals surface area contributed by atoms with Crippen LogP contribution in [0.25, 0.3) is 22.5 Å². The van der Waals surface area contributed by atoms with Crippen LogP contribution in [0.15, 0.2) is 60.8 Å². The van der Waals surface area contributed by atoms with E-state index in [1.807, 2.05) is 72.7 Å². The number of pyridine rings is 1. The molecular weight excluding hydrogens is 805 g/mol. The maximum atomic E-state index is 13.9. The van der Waals surface area contributed by atoms with E-state index in [1.54, 1.807) is 41.4 Å². The second-order valence-corrected chi connectivity index (χ2v) is 18.5. The van der Waals surface area contributed by atoms with Crippen molar-refractivity contribution in [2.24, 2.45) is 11.8 Å². The van der Waals surface area contributed by atoms with Crippen molar-refractivity contribution in [2.45, 2.75) is 117 Å². The monoisotopic (exact) mass is 864 g/mol. The van der Waals surface area contributed by atoms with Gasteiger partial charge in [-0.25, -0.2) is 9.59 Å². The van der Waals surface area contributed by atoms with Crippen LogP contribution < -0.4 is 21.3 Å². The maximum absolute atomic E-state index is 13.9. The summed E-state index contributed by atoms with van der Waals surface area (Å²) in [6.45, 7) is 14.4. The largest absolute Gasteiger partial charge is 0.444 e. The molecule has 5 amide bonds. The third kappa shape index (κ3) is 13.5. The van der Waals surface area contributed by atoms with Crippen LogP contribution in [0.5, 0.6) is 0 Å². The molecule has 3 heterocycles. The summed E-state index contributed by atoms with van der Waals surface area (Å²) >= 11 is 0. The van der Waals surface area contributed by atoms with Gasteiger partial charge in [-0.2, -0.15) is 5.21 Å². The van der Waals surface area contributed by atoms with Crippen molar-refractivity contribution in [2.75, 3.05) is 25.0 Å². The van der Waals surface area contributed by atoms with Crippen molar-refractivity contribution in [1.29, 1.82) is 0 Å². The molecule has 5 N–H and O–H groups in total. The first-order valence-electron chi connectivity index (χ1n) is 21.7. The van der Waals surface area contributed by atoms with Crippen LogP contribution in [0.3, 0.4) is 0 Å². The number of likely N-dealkylation sites (tertiary alicyclic amines) is 1. The number of hydrogen-bond acceptors (Lipinski definition) is 11. The predicted octanol–water partition coefficient (Wildman–Crippen LogP) is 6.36. The molecular formula is C46H60N10O7. The van der Waals surface area contributed by atoms with Crippen LogP contribution in [0.1, 0.15) is 102 Å². The van der Waals surface area contributed by atoms with Crippen molar-refractivity contribution in [3.05, 3.63) is 77.6 Å². The van der Waals surface area contributed by atoms with Crippen LogP contribution in [-0.2, 0) is 25.5 Å². The van der Waals surface area contributed by atoms with Gasteiger partial charge in [0.2, 0.25) is 17.6 Å². The van der Waals surface area contributed by atoms with Crippen LogP contribution in [0, 0.1) is 18.8 Å². The average Bonchev–Trinajstić information content (AvgIpc) is 3.78. The van der Waals surface area contributed by atoms with Crippen LogP contribution in [0.4, 0.5) is 15.3 Å². The highest BCUT2D eigenvalue weighted by molar-refractivity contribution is 5.98. The molecule has 2 fully saturated rings. The van der Waals surface area contributed by atoms with Crippen molar-refractivity contribution >= 4 is 35.6 Å². The van der Waals surface area contributed by atoms with Gasteiger partial charge in [0.1, 0.15) is 22.9 Å². The number of anilines is 1. The molecule has 4 aromatic rings. The van der Waals surface area contributed by atoms with E-state index < -0.39 is 23.3 Å². The highest BCUT2D eigenvalue weighted by Gasteiger charge is 2.31. The molecule has 17 heteroatoms. The van der Waals surface area contributed by atoms with Crippen LogP contribution in [-0.4, -0.2) is 103 Å². The topological polar surface area (TPSA) is 223 Å². The normalized spacial score (nSPS) is 17.5. The molecule has 1 saturated heterocycles. The van der Waals surface area contributed by atoms with E-state index >= 15 is 0 Å². The Hall–Kier alpha value is -6.39. The number of carbonyl (C=O) groups is 5. The third-order valence-electron chi connectivity index (χ3n) is 11.1. The molecule has 0 radical (unpaired) electrons. The van der Waals surface area contributed by atoms with Crippen LogP contribution in [0.2, 0.25) is 0 Å². The van der Waals surface area contributed by atoms with Gasteiger partial charge in [-0.1, -0.05) is 24.3 Å². The lowest BCUT2D eigenvalue weighted by Crippen LogP contribution is -2.48. The molecule has 1 atom stereocenters. The molecule has 1 aliphatic carbocycles. The highest BCUT2D eigenvalue weighted by atomic mass is 16.6. The summed E-state index contributed by atoms with van der Waals surface area (Å²) in [6, 6.07) is 15.6. The average molecular weight is 865 g/mol. The quantitative estimate of drug-likeness (QED) is 0.105. The van der Waals surface area contributed by atoms with E-state index in [-0.39, 0.29) is 48.1 Å². The molecule has 1 saturated carbocycles. The number of hydrogen-bond donors (Lipinski definition) is 5. The maximum Gasteiger partial charge on any atom is 0.410 e. The van der Waals surface area contributed by atoms with Crippen molar-refractivity contribution < 1.29 is 33.4 Å². The number of nitrogens with one attached hydrogen (secondary N) is 5. The standard InChI is InChI=1S/C46H60N10O7/c1-28-24-37(41(58)50-35-20-22-56(23-21-35)44(61)63-46(5,6)7)47-27-36(28)31-12-8-29(9-13-31)25-38(42(59)49-34-18-16-32(17-19-34)39-52-54-55-53-39)51-40(57)33-14-10-30(11-15-33)26-48-43(60)62-45(2,3)4/h8-9,12-13,16-19,24,27,30,33,35,38H,10-11,14-15,20-23,25-26H2,1-7H3,(H,48,60)(H,49,59)(H,50,58)(H,51,57)(H,52,53,54,55). The van der Waals surface area contributed by atoms with Crippen molar-refractivity contribution in [1.82, 2.24) is 46.5 Å². The Balaban J connectivity index is 1.07. The Morgan fingerprint density at radius 3 is 2.10 bits per heavy atom. The SMILES string of the molecule is Cc1cc(C(=O)NC2CCN(C(=O)OC(C)(C)C)CC2)ncc1-c1ccc(CC(NC(=O)C2CCC(CNC(=O)OC(C)(C)C)CC2)C(=O)Nc2ccc(-c3nn[nH]n3)cc2)cc1. The van der Waals surface area contributed by atoms with E-state index in [0.717, 1.165) is 40.7 Å².